The summed E-state index contributed by atoms with van der Waals surface area (Å²) >= 11 is 0. The number of hydrogen-bond donors (Lipinski definition) is 1. The average Bonchev–Trinajstić information content (AvgIpc) is 4.14. The van der Waals surface area contributed by atoms with Gasteiger partial charge in [0, 0.05) is 45.6 Å². The Kier molecular flexibility index (Phi) is 17.6. The van der Waals surface area contributed by atoms with Gasteiger partial charge in [-0.05, 0) is 109 Å². The van der Waals surface area contributed by atoms with Gasteiger partial charge in [-0.3, -0.25) is 24.3 Å². The zero-order chi connectivity index (χ0) is 55.2. The van der Waals surface area contributed by atoms with Crippen LogP contribution in [0.15, 0.2) is 30.3 Å². The summed E-state index contributed by atoms with van der Waals surface area (Å²) in [4.78, 5) is 75.5. The molecule has 0 radical (unpaired) electrons. The molecule has 0 aromatic heterocycles. The van der Waals surface area contributed by atoms with Crippen LogP contribution in [-0.4, -0.2) is 183 Å². The molecule has 16 nitrogen and oxygen atoms in total. The molecule has 2 spiro atoms. The quantitative estimate of drug-likeness (QED) is 0.176. The Morgan fingerprint density at radius 2 is 1.05 bits per heavy atom. The molecule has 6 aliphatic rings. The van der Waals surface area contributed by atoms with E-state index < -0.39 is 76.0 Å². The van der Waals surface area contributed by atoms with Gasteiger partial charge in [0.05, 0.1) is 49.0 Å². The number of ether oxygens (including phenoxy) is 3. The summed E-state index contributed by atoms with van der Waals surface area (Å²) in [7, 11) is -4.25. The fraction of sp³-hybridized carbons (Fsp3) is 0.796. The molecule has 7 rings (SSSR count). The second-order valence-corrected chi connectivity index (χ2v) is 36.5. The van der Waals surface area contributed by atoms with E-state index in [1.807, 2.05) is 81.7 Å². The minimum Gasteiger partial charge on any atom is -0.445 e. The van der Waals surface area contributed by atoms with E-state index >= 15 is 0 Å². The van der Waals surface area contributed by atoms with E-state index in [0.717, 1.165) is 31.2 Å². The molecule has 2 aliphatic carbocycles. The molecule has 6 fully saturated rings. The number of rotatable bonds is 10. The highest BCUT2D eigenvalue weighted by Crippen LogP contribution is 2.48. The van der Waals surface area contributed by atoms with Gasteiger partial charge in [0.1, 0.15) is 36.2 Å². The average molecular weight is 1080 g/mol. The highest BCUT2D eigenvalue weighted by Gasteiger charge is 2.60. The Bertz CT molecular complexity index is 2170. The maximum absolute atomic E-state index is 14.8. The summed E-state index contributed by atoms with van der Waals surface area (Å²) in [5, 5.41) is 3.01. The largest absolute Gasteiger partial charge is 0.445 e. The normalized spacial score (nSPS) is 25.9. The van der Waals surface area contributed by atoms with Gasteiger partial charge in [-0.1, -0.05) is 71.9 Å². The van der Waals surface area contributed by atoms with Crippen LogP contribution in [0.1, 0.15) is 127 Å². The predicted octanol–water partition coefficient (Wildman–Crippen LogP) is 9.43. The van der Waals surface area contributed by atoms with Gasteiger partial charge in [-0.25, -0.2) is 23.2 Å². The fourth-order valence-electron chi connectivity index (χ4n) is 9.52. The highest BCUT2D eigenvalue weighted by atomic mass is 28.4. The van der Waals surface area contributed by atoms with Crippen LogP contribution in [-0.2, 0) is 39.3 Å². The summed E-state index contributed by atoms with van der Waals surface area (Å²) < 4.78 is 58.6. The van der Waals surface area contributed by atoms with Crippen molar-refractivity contribution >= 4 is 46.7 Å². The van der Waals surface area contributed by atoms with Gasteiger partial charge in [0.15, 0.2) is 16.6 Å². The molecule has 0 bridgehead atoms. The zero-order valence-electron chi connectivity index (χ0n) is 47.5. The Morgan fingerprint density at radius 3 is 1.45 bits per heavy atom. The van der Waals surface area contributed by atoms with E-state index in [-0.39, 0.29) is 91.8 Å². The Morgan fingerprint density at radius 1 is 0.608 bits per heavy atom. The van der Waals surface area contributed by atoms with Gasteiger partial charge >= 0.3 is 18.3 Å². The molecular formula is C54H90F2N6O10Si2. The van der Waals surface area contributed by atoms with Crippen molar-refractivity contribution in [3.8, 4) is 0 Å². The number of nitrogens with zero attached hydrogens (tertiary/aromatic N) is 5. The molecule has 2 saturated carbocycles. The van der Waals surface area contributed by atoms with Crippen LogP contribution in [0.2, 0.25) is 36.3 Å². The zero-order valence-corrected chi connectivity index (χ0v) is 49.5. The number of benzene rings is 1. The molecule has 6 atom stereocenters. The molecule has 418 valence electrons. The van der Waals surface area contributed by atoms with E-state index in [4.69, 9.17) is 23.1 Å². The molecule has 1 N–H and O–H groups in total. The van der Waals surface area contributed by atoms with Crippen LogP contribution < -0.4 is 5.32 Å². The maximum atomic E-state index is 14.8. The number of piperazine rings is 2. The number of alkyl halides is 2. The first kappa shape index (κ1) is 59.4. The molecule has 74 heavy (non-hydrogen) atoms. The van der Waals surface area contributed by atoms with Crippen molar-refractivity contribution in [1.29, 1.82) is 0 Å². The number of nitrogens with one attached hydrogen (secondary N) is 1. The van der Waals surface area contributed by atoms with E-state index in [9.17, 15) is 32.8 Å². The lowest BCUT2D eigenvalue weighted by atomic mass is 10.0. The Labute approximate surface area is 442 Å². The minimum atomic E-state index is -2.19. The molecular weight excluding hydrogens is 987 g/mol. The van der Waals surface area contributed by atoms with Crippen molar-refractivity contribution < 1.29 is 55.8 Å². The topological polar surface area (TPSA) is 160 Å². The van der Waals surface area contributed by atoms with Crippen molar-refractivity contribution in [3.05, 3.63) is 35.9 Å². The first-order valence-corrected chi connectivity index (χ1v) is 32.7. The minimum absolute atomic E-state index is 0.0352. The lowest BCUT2D eigenvalue weighted by Crippen LogP contribution is -2.66. The summed E-state index contributed by atoms with van der Waals surface area (Å²) in [6.07, 6.45) is -0.488. The number of carbonyl (C=O) groups excluding carboxylic acids is 5. The monoisotopic (exact) mass is 1080 g/mol. The summed E-state index contributed by atoms with van der Waals surface area (Å²) in [6, 6.07) is 7.00. The third-order valence-electron chi connectivity index (χ3n) is 16.4. The molecule has 4 saturated heterocycles. The number of likely N-dealkylation sites (tertiary alicyclic amines) is 1. The maximum Gasteiger partial charge on any atom is 0.410 e. The smallest absolute Gasteiger partial charge is 0.410 e. The van der Waals surface area contributed by atoms with Crippen LogP contribution in [0.3, 0.4) is 0 Å². The van der Waals surface area contributed by atoms with E-state index in [2.05, 4.69) is 73.0 Å². The third kappa shape index (κ3) is 14.4. The summed E-state index contributed by atoms with van der Waals surface area (Å²) in [6.45, 7) is 34.7. The van der Waals surface area contributed by atoms with Crippen LogP contribution >= 0.6 is 0 Å². The number of carbonyl (C=O) groups is 5. The van der Waals surface area contributed by atoms with Gasteiger partial charge in [0.2, 0.25) is 11.8 Å². The molecule has 1 aromatic rings. The molecule has 0 unspecified atom stereocenters. The second kappa shape index (κ2) is 21.9. The number of hydrogen-bond acceptors (Lipinski definition) is 11. The predicted molar refractivity (Wildman–Crippen MR) is 285 cm³/mol. The van der Waals surface area contributed by atoms with Crippen molar-refractivity contribution in [2.24, 2.45) is 0 Å². The van der Waals surface area contributed by atoms with Gasteiger partial charge in [-0.2, -0.15) is 0 Å². The molecule has 5 amide bonds. The Balaban J connectivity index is 0.000000250. The molecule has 4 heterocycles. The van der Waals surface area contributed by atoms with Gasteiger partial charge in [-0.15, -0.1) is 0 Å². The summed E-state index contributed by atoms with van der Waals surface area (Å²) in [5.74, 6) is -0.408. The van der Waals surface area contributed by atoms with Crippen molar-refractivity contribution in [1.82, 2.24) is 29.8 Å². The highest BCUT2D eigenvalue weighted by molar-refractivity contribution is 6.74. The second-order valence-electron chi connectivity index (χ2n) is 26.8. The van der Waals surface area contributed by atoms with E-state index in [0.29, 0.717) is 19.7 Å². The summed E-state index contributed by atoms with van der Waals surface area (Å²) in [5.41, 5.74) is -1.34. The lowest BCUT2D eigenvalue weighted by molar-refractivity contribution is -0.144. The molecule has 1 aromatic carbocycles. The van der Waals surface area contributed by atoms with Crippen LogP contribution in [0.25, 0.3) is 0 Å². The SMILES string of the molecule is CC(C)(C)OC(=O)N1C[C@@H](CO[Si](C)(C)C(C)(C)C)N(C(=O)[C@@H]2C[C@@H](F)CN2)CC12CC2.CC(C)(C)OC(=O)N1C[C@@H](CO[Si](C)(C)C(C)(C)C)N(C(=O)[C@@H]2C[C@@H](F)CN2C(=O)OCc2ccccc2)CC12CC2. The number of halogens is 2. The van der Waals surface area contributed by atoms with Crippen molar-refractivity contribution in [2.75, 3.05) is 52.5 Å². The fourth-order valence-corrected chi connectivity index (χ4v) is 11.6. The van der Waals surface area contributed by atoms with Crippen LogP contribution in [0, 0.1) is 0 Å². The lowest BCUT2D eigenvalue weighted by Gasteiger charge is -2.49. The number of amides is 5. The first-order chi connectivity index (χ1) is 34.0. The van der Waals surface area contributed by atoms with E-state index in [1.165, 1.54) is 4.90 Å². The standard InChI is InChI=1S/C31H48FN3O6Si.C23H42FN3O4Si/c1-29(2,3)41-28(38)35-18-24(20-40-42(7,8)30(4,5)6)34(21-31(35)14-15-31)26(36)25-16-23(32)17-33(25)27(37)39-19-22-12-10-9-11-13-22;1-21(2,3)31-20(29)27-13-17(14-30-32(7,8)22(4,5)6)26(15-23(27)9-10-23)19(28)18-11-16(24)12-25-18/h9-13,23-25H,14-21H2,1-8H3;16-18,25H,9-15H2,1-8H3/t23-,24+,25+;16-,17+,18+/m11/s1. The molecule has 20 heteroatoms. The Hall–Kier alpha value is -3.86. The van der Waals surface area contributed by atoms with Crippen molar-refractivity contribution in [2.45, 2.75) is 223 Å². The first-order valence-electron chi connectivity index (χ1n) is 26.9. The van der Waals surface area contributed by atoms with Crippen molar-refractivity contribution in [3.63, 3.8) is 0 Å². The third-order valence-corrected chi connectivity index (χ3v) is 25.4. The molecule has 4 aliphatic heterocycles. The van der Waals surface area contributed by atoms with Crippen LogP contribution in [0.5, 0.6) is 0 Å². The van der Waals surface area contributed by atoms with Gasteiger partial charge < -0.3 is 38.2 Å². The van der Waals surface area contributed by atoms with E-state index in [1.54, 1.807) is 9.80 Å². The van der Waals surface area contributed by atoms with Gasteiger partial charge in [0.25, 0.3) is 0 Å². The van der Waals surface area contributed by atoms with Crippen LogP contribution in [0.4, 0.5) is 23.2 Å².